The molecule has 9 heteroatoms. The summed E-state index contributed by atoms with van der Waals surface area (Å²) in [5.74, 6) is 1.15. The zero-order chi connectivity index (χ0) is 23.2. The highest BCUT2D eigenvalue weighted by molar-refractivity contribution is 6.42. The minimum Gasteiger partial charge on any atom is -0.481 e. The number of benzene rings is 2. The molecule has 0 aliphatic heterocycles. The number of anilines is 1. The van der Waals surface area contributed by atoms with Crippen molar-refractivity contribution in [2.45, 2.75) is 6.54 Å². The van der Waals surface area contributed by atoms with Crippen LogP contribution in [0.25, 0.3) is 11.3 Å². The Morgan fingerprint density at radius 2 is 1.61 bits per heavy atom. The van der Waals surface area contributed by atoms with E-state index >= 15 is 0 Å². The molecule has 0 radical (unpaired) electrons. The smallest absolute Gasteiger partial charge is 0.328 e. The zero-order valence-electron chi connectivity index (χ0n) is 17.9. The first-order valence-electron chi connectivity index (χ1n) is 9.94. The van der Waals surface area contributed by atoms with Crippen LogP contribution in [0.5, 0.6) is 23.5 Å². The lowest BCUT2D eigenvalue weighted by Gasteiger charge is -2.14. The Bertz CT molecular complexity index is 1250. The lowest BCUT2D eigenvalue weighted by Crippen LogP contribution is -2.03. The predicted octanol–water partition coefficient (Wildman–Crippen LogP) is 6.27. The largest absolute Gasteiger partial charge is 0.481 e. The highest BCUT2D eigenvalue weighted by Gasteiger charge is 2.15. The number of rotatable bonds is 8. The van der Waals surface area contributed by atoms with E-state index in [1.165, 1.54) is 14.2 Å². The average molecular weight is 483 g/mol. The minimum absolute atomic E-state index is 0.0897. The van der Waals surface area contributed by atoms with Crippen LogP contribution < -0.4 is 19.5 Å². The molecule has 0 fully saturated rings. The van der Waals surface area contributed by atoms with Gasteiger partial charge in [0.25, 0.3) is 0 Å². The molecule has 168 valence electrons. The topological polar surface area (TPSA) is 78.4 Å². The average Bonchev–Trinajstić information content (AvgIpc) is 2.85. The Labute approximate surface area is 201 Å². The van der Waals surface area contributed by atoms with Crippen molar-refractivity contribution < 1.29 is 14.2 Å². The summed E-state index contributed by atoms with van der Waals surface area (Å²) in [6.45, 7) is 0.535. The van der Waals surface area contributed by atoms with E-state index < -0.39 is 0 Å². The number of ether oxygens (including phenoxy) is 3. The van der Waals surface area contributed by atoms with Gasteiger partial charge in [0.1, 0.15) is 5.69 Å². The van der Waals surface area contributed by atoms with Crippen molar-refractivity contribution in [3.63, 3.8) is 0 Å². The second kappa shape index (κ2) is 10.4. The third-order valence-electron chi connectivity index (χ3n) is 4.72. The van der Waals surface area contributed by atoms with Gasteiger partial charge in [0.05, 0.1) is 30.3 Å². The predicted molar refractivity (Wildman–Crippen MR) is 129 cm³/mol. The number of nitrogens with zero attached hydrogens (tertiary/aromatic N) is 3. The van der Waals surface area contributed by atoms with Crippen molar-refractivity contribution >= 4 is 28.9 Å². The Hall–Kier alpha value is -3.55. The summed E-state index contributed by atoms with van der Waals surface area (Å²) in [7, 11) is 3.02. The van der Waals surface area contributed by atoms with Gasteiger partial charge in [-0.25, -0.2) is 0 Å². The molecule has 4 aromatic rings. The number of halogens is 2. The zero-order valence-corrected chi connectivity index (χ0v) is 19.4. The van der Waals surface area contributed by atoms with E-state index in [-0.39, 0.29) is 6.01 Å². The number of hydrogen-bond acceptors (Lipinski definition) is 7. The summed E-state index contributed by atoms with van der Waals surface area (Å²) in [6, 6.07) is 18.6. The maximum atomic E-state index is 6.14. The molecule has 0 unspecified atom stereocenters. The third kappa shape index (κ3) is 5.45. The summed E-state index contributed by atoms with van der Waals surface area (Å²) in [5, 5.41) is 4.37. The maximum absolute atomic E-state index is 6.14. The molecular weight excluding hydrogens is 463 g/mol. The molecule has 0 bridgehead atoms. The molecule has 0 atom stereocenters. The van der Waals surface area contributed by atoms with Crippen molar-refractivity contribution in [2.75, 3.05) is 19.5 Å². The molecule has 0 amide bonds. The standard InChI is InChI=1S/C24H20Cl2N4O3/c1-31-21-13-22(32-2)30-24(29-21)33-20-8-5-11-27-23(20)17-7-4-3-6-15(17)14-28-16-9-10-18(25)19(26)12-16/h3-13,28H,14H2,1-2H3. The van der Waals surface area contributed by atoms with Crippen LogP contribution in [0.15, 0.2) is 66.9 Å². The molecule has 2 aromatic heterocycles. The van der Waals surface area contributed by atoms with Crippen molar-refractivity contribution in [2.24, 2.45) is 0 Å². The first kappa shape index (κ1) is 22.6. The van der Waals surface area contributed by atoms with E-state index in [1.807, 2.05) is 30.3 Å². The Morgan fingerprint density at radius 3 is 2.33 bits per heavy atom. The Kier molecular flexibility index (Phi) is 7.12. The molecule has 2 aromatic carbocycles. The van der Waals surface area contributed by atoms with Crippen LogP contribution in [0.3, 0.4) is 0 Å². The van der Waals surface area contributed by atoms with E-state index in [0.717, 1.165) is 16.8 Å². The van der Waals surface area contributed by atoms with Gasteiger partial charge in [0.15, 0.2) is 5.75 Å². The number of pyridine rings is 1. The second-order valence-corrected chi connectivity index (χ2v) is 7.64. The number of methoxy groups -OCH3 is 2. The van der Waals surface area contributed by atoms with Gasteiger partial charge in [0.2, 0.25) is 11.8 Å². The van der Waals surface area contributed by atoms with Crippen LogP contribution in [0, 0.1) is 0 Å². The van der Waals surface area contributed by atoms with Gasteiger partial charge in [-0.1, -0.05) is 47.5 Å². The van der Waals surface area contributed by atoms with E-state index in [4.69, 9.17) is 37.4 Å². The van der Waals surface area contributed by atoms with Crippen molar-refractivity contribution in [1.82, 2.24) is 15.0 Å². The van der Waals surface area contributed by atoms with Crippen molar-refractivity contribution in [1.29, 1.82) is 0 Å². The maximum Gasteiger partial charge on any atom is 0.328 e. The van der Waals surface area contributed by atoms with Crippen molar-refractivity contribution in [3.05, 3.63) is 82.5 Å². The molecule has 1 N–H and O–H groups in total. The minimum atomic E-state index is 0.0897. The van der Waals surface area contributed by atoms with Gasteiger partial charge in [-0.2, -0.15) is 9.97 Å². The van der Waals surface area contributed by atoms with Crippen LogP contribution >= 0.6 is 23.2 Å². The first-order chi connectivity index (χ1) is 16.1. The van der Waals surface area contributed by atoms with Crippen molar-refractivity contribution in [3.8, 4) is 34.8 Å². The molecule has 0 spiro atoms. The fourth-order valence-corrected chi connectivity index (χ4v) is 3.42. The van der Waals surface area contributed by atoms with E-state index in [1.54, 1.807) is 36.5 Å². The monoisotopic (exact) mass is 482 g/mol. The normalized spacial score (nSPS) is 10.5. The van der Waals surface area contributed by atoms with E-state index in [0.29, 0.717) is 39.8 Å². The van der Waals surface area contributed by atoms with Gasteiger partial charge in [-0.3, -0.25) is 4.98 Å². The Morgan fingerprint density at radius 1 is 0.848 bits per heavy atom. The molecule has 33 heavy (non-hydrogen) atoms. The summed E-state index contributed by atoms with van der Waals surface area (Å²) in [4.78, 5) is 13.1. The van der Waals surface area contributed by atoms with Crippen LogP contribution in [-0.4, -0.2) is 29.2 Å². The number of aromatic nitrogens is 3. The lowest BCUT2D eigenvalue weighted by atomic mass is 10.0. The van der Waals surface area contributed by atoms with Crippen LogP contribution in [0.2, 0.25) is 10.0 Å². The lowest BCUT2D eigenvalue weighted by molar-refractivity contribution is 0.348. The fraction of sp³-hybridized carbons (Fsp3) is 0.125. The molecule has 0 saturated carbocycles. The highest BCUT2D eigenvalue weighted by Crippen LogP contribution is 2.34. The number of nitrogens with one attached hydrogen (secondary N) is 1. The SMILES string of the molecule is COc1cc(OC)nc(Oc2cccnc2-c2ccccc2CNc2ccc(Cl)c(Cl)c2)n1. The van der Waals surface area contributed by atoms with E-state index in [2.05, 4.69) is 20.3 Å². The molecule has 2 heterocycles. The van der Waals surface area contributed by atoms with Gasteiger partial charge in [-0.05, 0) is 35.9 Å². The summed E-state index contributed by atoms with van der Waals surface area (Å²) >= 11 is 12.2. The Balaban J connectivity index is 1.64. The van der Waals surface area contributed by atoms with Gasteiger partial charge < -0.3 is 19.5 Å². The van der Waals surface area contributed by atoms with Crippen LogP contribution in [0.1, 0.15) is 5.56 Å². The quantitative estimate of drug-likeness (QED) is 0.317. The van der Waals surface area contributed by atoms with Crippen LogP contribution in [-0.2, 0) is 6.54 Å². The molecule has 4 rings (SSSR count). The molecule has 0 aliphatic carbocycles. The first-order valence-corrected chi connectivity index (χ1v) is 10.7. The second-order valence-electron chi connectivity index (χ2n) is 6.83. The molecule has 0 aliphatic rings. The molecular formula is C24H20Cl2N4O3. The third-order valence-corrected chi connectivity index (χ3v) is 5.46. The summed E-state index contributed by atoms with van der Waals surface area (Å²) in [5.41, 5.74) is 3.41. The van der Waals surface area contributed by atoms with Crippen LogP contribution in [0.4, 0.5) is 5.69 Å². The van der Waals surface area contributed by atoms with Gasteiger partial charge in [-0.15, -0.1) is 0 Å². The summed E-state index contributed by atoms with van der Waals surface area (Å²) in [6.07, 6.45) is 1.71. The van der Waals surface area contributed by atoms with Gasteiger partial charge in [0, 0.05) is 24.0 Å². The van der Waals surface area contributed by atoms with Gasteiger partial charge >= 0.3 is 6.01 Å². The molecule has 7 nitrogen and oxygen atoms in total. The highest BCUT2D eigenvalue weighted by atomic mass is 35.5. The van der Waals surface area contributed by atoms with E-state index in [9.17, 15) is 0 Å². The molecule has 0 saturated heterocycles. The summed E-state index contributed by atoms with van der Waals surface area (Å²) < 4.78 is 16.4. The fourth-order valence-electron chi connectivity index (χ4n) is 3.12. The number of hydrogen-bond donors (Lipinski definition) is 1.